The quantitative estimate of drug-likeness (QED) is 0.141. The van der Waals surface area contributed by atoms with Crippen molar-refractivity contribution >= 4 is 47.0 Å². The van der Waals surface area contributed by atoms with Gasteiger partial charge in [0.1, 0.15) is 12.1 Å². The Morgan fingerprint density at radius 2 is 1.31 bits per heavy atom. The van der Waals surface area contributed by atoms with Gasteiger partial charge in [-0.15, -0.1) is 0 Å². The van der Waals surface area contributed by atoms with Crippen molar-refractivity contribution in [3.63, 3.8) is 0 Å². The van der Waals surface area contributed by atoms with E-state index in [9.17, 15) is 24.0 Å². The van der Waals surface area contributed by atoms with Gasteiger partial charge in [-0.05, 0) is 54.8 Å². The average Bonchev–Trinajstić information content (AvgIpc) is 3.56. The van der Waals surface area contributed by atoms with E-state index in [1.54, 1.807) is 38.1 Å². The molecule has 0 unspecified atom stereocenters. The number of rotatable bonds is 11. The number of methoxy groups -OCH3 is 2. The highest BCUT2D eigenvalue weighted by molar-refractivity contribution is 6.35. The Balaban J connectivity index is 1.38. The molecule has 11 heteroatoms. The number of nitrogens with one attached hydrogen (secondary N) is 4. The topological polar surface area (TPSA) is 156 Å². The van der Waals surface area contributed by atoms with E-state index in [1.165, 1.54) is 14.2 Å². The maximum Gasteiger partial charge on any atom is 0.328 e. The van der Waals surface area contributed by atoms with Crippen LogP contribution in [0, 0.1) is 13.8 Å². The average molecular weight is 649 g/mol. The lowest BCUT2D eigenvalue weighted by molar-refractivity contribution is -0.143. The number of benzene rings is 3. The molecule has 1 aliphatic rings. The predicted molar refractivity (Wildman–Crippen MR) is 180 cm³/mol. The first-order chi connectivity index (χ1) is 23.1. The van der Waals surface area contributed by atoms with Crippen LogP contribution in [0.3, 0.4) is 0 Å². The van der Waals surface area contributed by atoms with Gasteiger partial charge in [-0.3, -0.25) is 14.4 Å². The molecule has 0 radical (unpaired) electrons. The van der Waals surface area contributed by atoms with Crippen molar-refractivity contribution in [3.8, 4) is 0 Å². The lowest BCUT2D eigenvalue weighted by atomic mass is 10.0. The predicted octanol–water partition coefficient (Wildman–Crippen LogP) is 4.15. The van der Waals surface area contributed by atoms with E-state index in [-0.39, 0.29) is 29.9 Å². The molecule has 2 atom stereocenters. The number of carbonyl (C=O) groups is 5. The number of hydrogen-bond acceptors (Lipinski definition) is 7. The van der Waals surface area contributed by atoms with Crippen LogP contribution < -0.4 is 16.0 Å². The van der Waals surface area contributed by atoms with E-state index in [1.807, 2.05) is 60.7 Å². The van der Waals surface area contributed by atoms with E-state index >= 15 is 0 Å². The number of esters is 2. The second kappa shape index (κ2) is 14.6. The summed E-state index contributed by atoms with van der Waals surface area (Å²) >= 11 is 0. The molecule has 3 aromatic carbocycles. The first-order valence-corrected chi connectivity index (χ1v) is 15.3. The van der Waals surface area contributed by atoms with Gasteiger partial charge in [0.2, 0.25) is 0 Å². The third-order valence-electron chi connectivity index (χ3n) is 8.20. The molecule has 48 heavy (non-hydrogen) atoms. The van der Waals surface area contributed by atoms with E-state index in [0.717, 1.165) is 11.1 Å². The summed E-state index contributed by atoms with van der Waals surface area (Å²) in [6, 6.07) is 21.5. The van der Waals surface area contributed by atoms with Crippen molar-refractivity contribution in [2.45, 2.75) is 38.8 Å². The molecule has 4 N–H and O–H groups in total. The highest BCUT2D eigenvalue weighted by atomic mass is 16.5. The Morgan fingerprint density at radius 1 is 0.771 bits per heavy atom. The van der Waals surface area contributed by atoms with Gasteiger partial charge >= 0.3 is 11.9 Å². The molecule has 0 bridgehead atoms. The highest BCUT2D eigenvalue weighted by Gasteiger charge is 2.29. The molecule has 1 aliphatic heterocycles. The minimum atomic E-state index is -0.923. The fraction of sp³-hybridized carbons (Fsp3) is 0.216. The molecular weight excluding hydrogens is 612 g/mol. The van der Waals surface area contributed by atoms with E-state index < -0.39 is 35.8 Å². The Bertz CT molecular complexity index is 1900. The lowest BCUT2D eigenvalue weighted by Crippen LogP contribution is -2.43. The Morgan fingerprint density at radius 3 is 1.85 bits per heavy atom. The van der Waals surface area contributed by atoms with Gasteiger partial charge < -0.3 is 30.4 Å². The fourth-order valence-corrected chi connectivity index (χ4v) is 5.72. The van der Waals surface area contributed by atoms with Crippen LogP contribution in [-0.2, 0) is 36.7 Å². The minimum Gasteiger partial charge on any atom is -0.467 e. The van der Waals surface area contributed by atoms with Gasteiger partial charge in [-0.1, -0.05) is 60.7 Å². The van der Waals surface area contributed by atoms with Gasteiger partial charge in [0, 0.05) is 41.0 Å². The fourth-order valence-electron chi connectivity index (χ4n) is 5.72. The van der Waals surface area contributed by atoms with Crippen molar-refractivity contribution in [2.24, 2.45) is 0 Å². The third-order valence-corrected chi connectivity index (χ3v) is 8.20. The molecule has 2 heterocycles. The Kier molecular flexibility index (Phi) is 10.2. The van der Waals surface area contributed by atoms with Crippen LogP contribution in [0.5, 0.6) is 0 Å². The maximum atomic E-state index is 13.5. The van der Waals surface area contributed by atoms with E-state index in [2.05, 4.69) is 20.9 Å². The largest absolute Gasteiger partial charge is 0.467 e. The summed E-state index contributed by atoms with van der Waals surface area (Å²) in [6.07, 6.45) is 2.11. The molecule has 4 aromatic rings. The van der Waals surface area contributed by atoms with Gasteiger partial charge in [0.05, 0.1) is 25.4 Å². The number of aromatic nitrogens is 1. The van der Waals surface area contributed by atoms with E-state index in [4.69, 9.17) is 9.47 Å². The SMILES string of the molecule is COC(=O)[C@H](Cc1ccccc1)NC(=O)c1c(C)[nH]c(C=C2C(=O)Nc3ccc(C(=O)N[C@H](Cc4ccccc4)C(=O)OC)cc32)c1C. The first-order valence-electron chi connectivity index (χ1n) is 15.3. The molecule has 5 rings (SSSR count). The van der Waals surface area contributed by atoms with Crippen LogP contribution in [0.1, 0.15) is 54.4 Å². The van der Waals surface area contributed by atoms with Gasteiger partial charge in [-0.25, -0.2) is 9.59 Å². The lowest BCUT2D eigenvalue weighted by Gasteiger charge is -2.17. The number of amides is 3. The zero-order chi connectivity index (χ0) is 34.4. The number of anilines is 1. The molecule has 0 spiro atoms. The molecule has 0 aliphatic carbocycles. The summed E-state index contributed by atoms with van der Waals surface area (Å²) in [5, 5.41) is 8.36. The summed E-state index contributed by atoms with van der Waals surface area (Å²) in [4.78, 5) is 68.2. The zero-order valence-corrected chi connectivity index (χ0v) is 27.0. The van der Waals surface area contributed by atoms with Crippen LogP contribution in [0.15, 0.2) is 78.9 Å². The standard InChI is InChI=1S/C37H36N4O7/c1-21-29(38-22(2)32(21)35(44)41-31(37(46)48-4)18-24-13-9-6-10-14-24)20-27-26-19-25(15-16-28(26)39-34(27)43)33(42)40-30(36(45)47-3)17-23-11-7-5-8-12-23/h5-16,19-20,30-31,38H,17-18H2,1-4H3,(H,39,43)(H,40,42)(H,41,44)/t30-,31+/m1/s1. The van der Waals surface area contributed by atoms with Crippen LogP contribution in [0.2, 0.25) is 0 Å². The highest BCUT2D eigenvalue weighted by Crippen LogP contribution is 2.35. The number of aryl methyl sites for hydroxylation is 1. The van der Waals surface area contributed by atoms with Gasteiger partial charge in [0.25, 0.3) is 17.7 Å². The van der Waals surface area contributed by atoms with Crippen LogP contribution in [0.25, 0.3) is 11.6 Å². The Labute approximate surface area is 277 Å². The summed E-state index contributed by atoms with van der Waals surface area (Å²) in [6.45, 7) is 3.47. The first kappa shape index (κ1) is 33.4. The van der Waals surface area contributed by atoms with Crippen LogP contribution in [0.4, 0.5) is 5.69 Å². The molecule has 0 saturated carbocycles. The summed E-state index contributed by atoms with van der Waals surface area (Å²) in [7, 11) is 2.53. The van der Waals surface area contributed by atoms with Crippen molar-refractivity contribution in [1.29, 1.82) is 0 Å². The molecule has 0 fully saturated rings. The number of hydrogen-bond donors (Lipinski definition) is 4. The van der Waals surface area contributed by atoms with Crippen molar-refractivity contribution in [1.82, 2.24) is 15.6 Å². The third kappa shape index (κ3) is 7.36. The smallest absolute Gasteiger partial charge is 0.328 e. The van der Waals surface area contributed by atoms with Crippen LogP contribution in [-0.4, -0.2) is 60.9 Å². The monoisotopic (exact) mass is 648 g/mol. The van der Waals surface area contributed by atoms with Crippen LogP contribution >= 0.6 is 0 Å². The number of fused-ring (bicyclic) bond motifs is 1. The molecule has 0 saturated heterocycles. The maximum absolute atomic E-state index is 13.5. The van der Waals surface area contributed by atoms with Crippen molar-refractivity contribution in [3.05, 3.63) is 124 Å². The van der Waals surface area contributed by atoms with Crippen molar-refractivity contribution in [2.75, 3.05) is 19.5 Å². The molecule has 246 valence electrons. The van der Waals surface area contributed by atoms with Gasteiger partial charge in [0.15, 0.2) is 0 Å². The van der Waals surface area contributed by atoms with Crippen molar-refractivity contribution < 1.29 is 33.4 Å². The van der Waals surface area contributed by atoms with Gasteiger partial charge in [-0.2, -0.15) is 0 Å². The number of aromatic amines is 1. The molecular formula is C37H36N4O7. The normalized spacial score (nSPS) is 14.0. The molecule has 1 aromatic heterocycles. The Hall–Kier alpha value is -5.97. The number of H-pyrrole nitrogens is 1. The zero-order valence-electron chi connectivity index (χ0n) is 27.0. The second-order valence-corrected chi connectivity index (χ2v) is 11.4. The number of ether oxygens (including phenoxy) is 2. The molecule has 11 nitrogen and oxygen atoms in total. The van der Waals surface area contributed by atoms with E-state index in [0.29, 0.717) is 33.8 Å². The minimum absolute atomic E-state index is 0.239. The molecule has 3 amide bonds. The summed E-state index contributed by atoms with van der Waals surface area (Å²) in [5.41, 5.74) is 5.18. The summed E-state index contributed by atoms with van der Waals surface area (Å²) < 4.78 is 9.87. The summed E-state index contributed by atoms with van der Waals surface area (Å²) in [5.74, 6) is -2.52. The second-order valence-electron chi connectivity index (χ2n) is 11.4. The number of carbonyl (C=O) groups excluding carboxylic acids is 5.